The molecule has 4 rings (SSSR count). The van der Waals surface area contributed by atoms with Gasteiger partial charge in [-0.05, 0) is 51.5 Å². The molecule has 0 spiro atoms. The van der Waals surface area contributed by atoms with Crippen LogP contribution in [0.4, 0.5) is 5.69 Å². The molecular formula is C20H14ClN5O2. The largest absolute Gasteiger partial charge is 0.478 e. The molecule has 0 bridgehead atoms. The molecule has 0 saturated heterocycles. The highest BCUT2D eigenvalue weighted by atomic mass is 35.5. The number of nitrogens with one attached hydrogen (secondary N) is 1. The average Bonchev–Trinajstić information content (AvgIpc) is 3.17. The summed E-state index contributed by atoms with van der Waals surface area (Å²) < 4.78 is 1.61. The molecule has 0 fully saturated rings. The van der Waals surface area contributed by atoms with Gasteiger partial charge in [-0.15, -0.1) is 5.10 Å². The highest BCUT2D eigenvalue weighted by Crippen LogP contribution is 2.23. The zero-order valence-electron chi connectivity index (χ0n) is 14.5. The molecule has 0 unspecified atom stereocenters. The quantitative estimate of drug-likeness (QED) is 0.528. The fourth-order valence-corrected chi connectivity index (χ4v) is 2.94. The number of aromatic nitrogens is 4. The van der Waals surface area contributed by atoms with Crippen LogP contribution in [0.2, 0.25) is 5.02 Å². The van der Waals surface area contributed by atoms with Gasteiger partial charge in [0.2, 0.25) is 0 Å². The lowest BCUT2D eigenvalue weighted by Gasteiger charge is -2.06. The molecular weight excluding hydrogens is 378 g/mol. The molecule has 0 aliphatic rings. The summed E-state index contributed by atoms with van der Waals surface area (Å²) in [6, 6.07) is 18.4. The first-order valence-corrected chi connectivity index (χ1v) is 8.73. The molecule has 2 N–H and O–H groups in total. The summed E-state index contributed by atoms with van der Waals surface area (Å²) in [7, 11) is 0. The first-order valence-electron chi connectivity index (χ1n) is 8.35. The number of halogens is 1. The molecule has 1 aromatic heterocycles. The van der Waals surface area contributed by atoms with Gasteiger partial charge in [-0.1, -0.05) is 41.9 Å². The second kappa shape index (κ2) is 7.50. The van der Waals surface area contributed by atoms with Gasteiger partial charge in [0.15, 0.2) is 5.82 Å². The smallest absolute Gasteiger partial charge is 0.335 e. The van der Waals surface area contributed by atoms with Crippen molar-refractivity contribution in [2.75, 3.05) is 5.32 Å². The van der Waals surface area contributed by atoms with E-state index < -0.39 is 5.97 Å². The molecule has 0 saturated carbocycles. The minimum atomic E-state index is -1.02. The zero-order chi connectivity index (χ0) is 19.5. The van der Waals surface area contributed by atoms with Crippen LogP contribution in [0.1, 0.15) is 16.2 Å². The normalized spacial score (nSPS) is 11.2. The zero-order valence-corrected chi connectivity index (χ0v) is 15.2. The van der Waals surface area contributed by atoms with Gasteiger partial charge in [0.1, 0.15) is 0 Å². The van der Waals surface area contributed by atoms with Gasteiger partial charge >= 0.3 is 5.97 Å². The predicted molar refractivity (Wildman–Crippen MR) is 108 cm³/mol. The van der Waals surface area contributed by atoms with Crippen LogP contribution >= 0.6 is 11.6 Å². The van der Waals surface area contributed by atoms with Crippen molar-refractivity contribution in [3.05, 3.63) is 83.3 Å². The maximum absolute atomic E-state index is 11.1. The molecule has 0 radical (unpaired) electrons. The number of rotatable bonds is 5. The second-order valence-corrected chi connectivity index (χ2v) is 6.36. The van der Waals surface area contributed by atoms with Crippen molar-refractivity contribution >= 4 is 40.1 Å². The molecule has 8 heteroatoms. The highest BCUT2D eigenvalue weighted by Gasteiger charge is 2.08. The topological polar surface area (TPSA) is 92.9 Å². The minimum Gasteiger partial charge on any atom is -0.478 e. The number of hydrogen-bond donors (Lipinski definition) is 2. The molecule has 0 amide bonds. The Hall–Kier alpha value is -3.71. The van der Waals surface area contributed by atoms with Crippen molar-refractivity contribution in [3.63, 3.8) is 0 Å². The average molecular weight is 392 g/mol. The number of aromatic carboxylic acids is 1. The number of benzene rings is 3. The molecule has 4 aromatic rings. The molecule has 1 heterocycles. The van der Waals surface area contributed by atoms with E-state index >= 15 is 0 Å². The number of nitrogens with zero attached hydrogens (tertiary/aromatic N) is 4. The first kappa shape index (κ1) is 17.7. The molecule has 3 aromatic carbocycles. The van der Waals surface area contributed by atoms with Crippen molar-refractivity contribution in [3.8, 4) is 5.69 Å². The van der Waals surface area contributed by atoms with Crippen LogP contribution in [-0.4, -0.2) is 31.3 Å². The number of fused-ring (bicyclic) bond motifs is 1. The summed E-state index contributed by atoms with van der Waals surface area (Å²) in [4.78, 5) is 11.1. The Morgan fingerprint density at radius 2 is 1.89 bits per heavy atom. The predicted octanol–water partition coefficient (Wildman–Crippen LogP) is 4.25. The standard InChI is InChI=1S/C20H14ClN5O2/c21-17-8-6-15(20(27)28)12-18(17)22-10-9-19-23-24-25-26(19)16-7-5-13-3-1-2-4-14(13)11-16/h1-12,22H,(H,27,28)/b10-9-. The van der Waals surface area contributed by atoms with Crippen LogP contribution < -0.4 is 5.32 Å². The Bertz CT molecular complexity index is 1200. The maximum Gasteiger partial charge on any atom is 0.335 e. The molecule has 28 heavy (non-hydrogen) atoms. The van der Waals surface area contributed by atoms with Crippen molar-refractivity contribution in [2.24, 2.45) is 0 Å². The minimum absolute atomic E-state index is 0.140. The van der Waals surface area contributed by atoms with Crippen molar-refractivity contribution in [1.29, 1.82) is 0 Å². The van der Waals surface area contributed by atoms with E-state index in [1.165, 1.54) is 18.2 Å². The number of tetrazole rings is 1. The first-order chi connectivity index (χ1) is 13.6. The summed E-state index contributed by atoms with van der Waals surface area (Å²) in [6.07, 6.45) is 3.29. The molecule has 0 atom stereocenters. The van der Waals surface area contributed by atoms with Crippen LogP contribution in [-0.2, 0) is 0 Å². The Morgan fingerprint density at radius 3 is 2.71 bits per heavy atom. The van der Waals surface area contributed by atoms with Crippen molar-refractivity contribution < 1.29 is 9.90 Å². The van der Waals surface area contributed by atoms with Gasteiger partial charge in [-0.25, -0.2) is 4.79 Å². The van der Waals surface area contributed by atoms with Crippen LogP contribution in [0.15, 0.2) is 66.9 Å². The van der Waals surface area contributed by atoms with Gasteiger partial charge in [-0.3, -0.25) is 0 Å². The SMILES string of the molecule is O=C(O)c1ccc(Cl)c(N/C=C\c2nnnn2-c2ccc3ccccc3c2)c1. The van der Waals surface area contributed by atoms with E-state index in [9.17, 15) is 4.79 Å². The summed E-state index contributed by atoms with van der Waals surface area (Å²) in [5.74, 6) is -0.516. The highest BCUT2D eigenvalue weighted by molar-refractivity contribution is 6.33. The van der Waals surface area contributed by atoms with E-state index in [1.54, 1.807) is 17.0 Å². The van der Waals surface area contributed by atoms with E-state index in [4.69, 9.17) is 16.7 Å². The van der Waals surface area contributed by atoms with E-state index in [-0.39, 0.29) is 5.56 Å². The van der Waals surface area contributed by atoms with Gasteiger partial charge in [0.25, 0.3) is 0 Å². The van der Waals surface area contributed by atoms with E-state index in [0.29, 0.717) is 16.5 Å². The Morgan fingerprint density at radius 1 is 1.07 bits per heavy atom. The van der Waals surface area contributed by atoms with Gasteiger partial charge < -0.3 is 10.4 Å². The lowest BCUT2D eigenvalue weighted by molar-refractivity contribution is 0.0697. The monoisotopic (exact) mass is 391 g/mol. The van der Waals surface area contributed by atoms with E-state index in [0.717, 1.165) is 16.5 Å². The molecule has 7 nitrogen and oxygen atoms in total. The van der Waals surface area contributed by atoms with Crippen molar-refractivity contribution in [1.82, 2.24) is 20.2 Å². The fourth-order valence-electron chi connectivity index (χ4n) is 2.77. The number of carboxylic acid groups (broad SMARTS) is 1. The Labute approximate surface area is 164 Å². The van der Waals surface area contributed by atoms with E-state index in [1.807, 2.05) is 42.5 Å². The van der Waals surface area contributed by atoms with Crippen molar-refractivity contribution in [2.45, 2.75) is 0 Å². The van der Waals surface area contributed by atoms with Crippen LogP contribution in [0.25, 0.3) is 22.5 Å². The molecule has 0 aliphatic carbocycles. The van der Waals surface area contributed by atoms with Crippen LogP contribution in [0.5, 0.6) is 0 Å². The van der Waals surface area contributed by atoms with Gasteiger partial charge in [0, 0.05) is 12.3 Å². The number of carboxylic acids is 1. The van der Waals surface area contributed by atoms with Crippen LogP contribution in [0.3, 0.4) is 0 Å². The lowest BCUT2D eigenvalue weighted by Crippen LogP contribution is -2.00. The summed E-state index contributed by atoms with van der Waals surface area (Å²) in [5, 5.41) is 26.5. The maximum atomic E-state index is 11.1. The second-order valence-electron chi connectivity index (χ2n) is 5.96. The van der Waals surface area contributed by atoms with E-state index in [2.05, 4.69) is 20.8 Å². The summed E-state index contributed by atoms with van der Waals surface area (Å²) >= 11 is 6.11. The number of anilines is 1. The van der Waals surface area contributed by atoms with Gasteiger partial charge in [-0.2, -0.15) is 4.68 Å². The van der Waals surface area contributed by atoms with Crippen LogP contribution in [0, 0.1) is 0 Å². The number of carbonyl (C=O) groups is 1. The molecule has 138 valence electrons. The fraction of sp³-hybridized carbons (Fsp3) is 0. The lowest BCUT2D eigenvalue weighted by atomic mass is 10.1. The third-order valence-corrected chi connectivity index (χ3v) is 4.49. The van der Waals surface area contributed by atoms with Gasteiger partial charge in [0.05, 0.1) is 22.0 Å². The third kappa shape index (κ3) is 3.56. The Kier molecular flexibility index (Phi) is 4.74. The summed E-state index contributed by atoms with van der Waals surface area (Å²) in [5.41, 5.74) is 1.44. The summed E-state index contributed by atoms with van der Waals surface area (Å²) in [6.45, 7) is 0. The Balaban J connectivity index is 1.59. The number of hydrogen-bond acceptors (Lipinski definition) is 5. The molecule has 0 aliphatic heterocycles. The third-order valence-electron chi connectivity index (χ3n) is 4.16.